The maximum Gasteiger partial charge on any atom is 0.410 e. The molecule has 8 nitrogen and oxygen atoms in total. The largest absolute Gasteiger partial charge is 0.496 e. The zero-order valence-electron chi connectivity index (χ0n) is 18.6. The van der Waals surface area contributed by atoms with E-state index < -0.39 is 5.60 Å². The summed E-state index contributed by atoms with van der Waals surface area (Å²) in [6.45, 7) is 9.80. The van der Waals surface area contributed by atoms with Crippen molar-refractivity contribution in [2.75, 3.05) is 14.2 Å². The van der Waals surface area contributed by atoms with Crippen molar-refractivity contribution in [3.8, 4) is 17.1 Å². The summed E-state index contributed by atoms with van der Waals surface area (Å²) < 4.78 is 16.5. The van der Waals surface area contributed by atoms with Gasteiger partial charge >= 0.3 is 6.09 Å². The van der Waals surface area contributed by atoms with Gasteiger partial charge in [-0.1, -0.05) is 13.8 Å². The summed E-state index contributed by atoms with van der Waals surface area (Å²) >= 11 is 0. The lowest BCUT2D eigenvalue weighted by Crippen LogP contribution is -2.37. The quantitative estimate of drug-likeness (QED) is 0.597. The Morgan fingerprint density at radius 1 is 1.30 bits per heavy atom. The van der Waals surface area contributed by atoms with Gasteiger partial charge in [0.15, 0.2) is 12.2 Å². The van der Waals surface area contributed by atoms with Crippen LogP contribution in [0.25, 0.3) is 22.4 Å². The predicted octanol–water partition coefficient (Wildman–Crippen LogP) is 5.18. The number of aromatic amines is 1. The van der Waals surface area contributed by atoms with E-state index >= 15 is 0 Å². The van der Waals surface area contributed by atoms with Crippen molar-refractivity contribution in [3.05, 3.63) is 30.5 Å². The highest BCUT2D eigenvalue weighted by molar-refractivity contribution is 5.85. The van der Waals surface area contributed by atoms with Gasteiger partial charge in [-0.3, -0.25) is 0 Å². The Hall–Kier alpha value is -3.03. The van der Waals surface area contributed by atoms with E-state index in [-0.39, 0.29) is 12.1 Å². The van der Waals surface area contributed by atoms with Crippen molar-refractivity contribution in [1.29, 1.82) is 0 Å². The molecule has 0 radical (unpaired) electrons. The minimum Gasteiger partial charge on any atom is -0.496 e. The maximum absolute atomic E-state index is 12.7. The average molecular weight is 415 g/mol. The number of nitrogens with one attached hydrogen (secondary N) is 1. The molecule has 2 heterocycles. The number of hydrogen-bond acceptors (Lipinski definition) is 6. The number of carbonyl (C=O) groups is 1. The lowest BCUT2D eigenvalue weighted by Gasteiger charge is -2.30. The Balaban J connectivity index is 2.01. The van der Waals surface area contributed by atoms with E-state index in [2.05, 4.69) is 23.8 Å². The molecule has 8 heteroatoms. The fourth-order valence-corrected chi connectivity index (χ4v) is 3.29. The Labute approximate surface area is 176 Å². The first kappa shape index (κ1) is 21.7. The predicted molar refractivity (Wildman–Crippen MR) is 114 cm³/mol. The zero-order chi connectivity index (χ0) is 22.1. The molecular formula is C22H30N4O4. The summed E-state index contributed by atoms with van der Waals surface area (Å²) in [5.74, 6) is 2.30. The summed E-state index contributed by atoms with van der Waals surface area (Å²) in [6.07, 6.45) is 3.38. The number of nitrogens with zero attached hydrogens (tertiary/aromatic N) is 3. The number of imidazole rings is 1. The number of H-pyrrole nitrogens is 1. The van der Waals surface area contributed by atoms with Crippen LogP contribution in [0.15, 0.2) is 29.1 Å². The number of benzene rings is 1. The molecule has 1 amide bonds. The van der Waals surface area contributed by atoms with Gasteiger partial charge in [0, 0.05) is 13.1 Å². The number of rotatable bonds is 6. The van der Waals surface area contributed by atoms with Gasteiger partial charge in [-0.05, 0) is 39.2 Å². The zero-order valence-corrected chi connectivity index (χ0v) is 18.6. The van der Waals surface area contributed by atoms with Crippen molar-refractivity contribution < 1.29 is 18.7 Å². The lowest BCUT2D eigenvalue weighted by molar-refractivity contribution is 0.0194. The number of hydrogen-bond donors (Lipinski definition) is 1. The Morgan fingerprint density at radius 2 is 2.03 bits per heavy atom. The van der Waals surface area contributed by atoms with E-state index in [0.717, 1.165) is 23.0 Å². The third-order valence-electron chi connectivity index (χ3n) is 4.68. The van der Waals surface area contributed by atoms with E-state index in [9.17, 15) is 4.79 Å². The van der Waals surface area contributed by atoms with Crippen LogP contribution < -0.4 is 4.74 Å². The van der Waals surface area contributed by atoms with E-state index in [1.807, 2.05) is 32.9 Å². The van der Waals surface area contributed by atoms with Crippen LogP contribution in [0, 0.1) is 5.92 Å². The second-order valence-corrected chi connectivity index (χ2v) is 8.79. The van der Waals surface area contributed by atoms with E-state index in [4.69, 9.17) is 18.9 Å². The number of amides is 1. The van der Waals surface area contributed by atoms with Gasteiger partial charge in [-0.15, -0.1) is 0 Å². The molecule has 1 unspecified atom stereocenters. The average Bonchev–Trinajstić information content (AvgIpc) is 3.31. The topological polar surface area (TPSA) is 93.5 Å². The SMILES string of the molecule is COc1cc2nc(C(CC(C)C)N(C)C(=O)OC(C)(C)C)[nH]c2cc1-c1cnco1. The molecule has 162 valence electrons. The van der Waals surface area contributed by atoms with E-state index in [0.29, 0.717) is 23.3 Å². The molecule has 1 N–H and O–H groups in total. The highest BCUT2D eigenvalue weighted by atomic mass is 16.6. The molecule has 0 saturated heterocycles. The summed E-state index contributed by atoms with van der Waals surface area (Å²) in [6, 6.07) is 3.52. The maximum atomic E-state index is 12.7. The minimum atomic E-state index is -0.569. The number of ether oxygens (including phenoxy) is 2. The molecule has 0 saturated carbocycles. The molecule has 3 aromatic rings. The Bertz CT molecular complexity index is 1000. The fourth-order valence-electron chi connectivity index (χ4n) is 3.29. The Morgan fingerprint density at radius 3 is 2.60 bits per heavy atom. The molecule has 0 aliphatic rings. The molecule has 0 spiro atoms. The van der Waals surface area contributed by atoms with Gasteiger partial charge in [0.25, 0.3) is 0 Å². The monoisotopic (exact) mass is 414 g/mol. The number of carbonyl (C=O) groups excluding carboxylic acids is 1. The van der Waals surface area contributed by atoms with Gasteiger partial charge < -0.3 is 23.8 Å². The van der Waals surface area contributed by atoms with Gasteiger partial charge in [0.2, 0.25) is 0 Å². The van der Waals surface area contributed by atoms with E-state index in [1.54, 1.807) is 25.3 Å². The van der Waals surface area contributed by atoms with Crippen molar-refractivity contribution in [2.24, 2.45) is 5.92 Å². The first-order valence-electron chi connectivity index (χ1n) is 10.0. The smallest absolute Gasteiger partial charge is 0.410 e. The highest BCUT2D eigenvalue weighted by Gasteiger charge is 2.29. The van der Waals surface area contributed by atoms with Gasteiger partial charge in [0.05, 0.1) is 35.9 Å². The molecule has 3 rings (SSSR count). The van der Waals surface area contributed by atoms with Crippen LogP contribution in [-0.2, 0) is 4.74 Å². The molecule has 0 aliphatic heterocycles. The van der Waals surface area contributed by atoms with E-state index in [1.165, 1.54) is 6.39 Å². The summed E-state index contributed by atoms with van der Waals surface area (Å²) in [7, 11) is 3.35. The third kappa shape index (κ3) is 4.75. The van der Waals surface area contributed by atoms with Crippen molar-refractivity contribution in [2.45, 2.75) is 52.7 Å². The minimum absolute atomic E-state index is 0.257. The number of methoxy groups -OCH3 is 1. The number of aromatic nitrogens is 3. The summed E-state index contributed by atoms with van der Waals surface area (Å²) in [5.41, 5.74) is 1.78. The molecule has 0 fully saturated rings. The second kappa shape index (κ2) is 8.38. The van der Waals surface area contributed by atoms with Crippen LogP contribution in [0.3, 0.4) is 0 Å². The first-order chi connectivity index (χ1) is 14.1. The van der Waals surface area contributed by atoms with Gasteiger partial charge in [0.1, 0.15) is 17.2 Å². The van der Waals surface area contributed by atoms with Gasteiger partial charge in [-0.2, -0.15) is 0 Å². The molecule has 0 aliphatic carbocycles. The molecule has 1 atom stereocenters. The molecule has 0 bridgehead atoms. The Kier molecular flexibility index (Phi) is 6.05. The van der Waals surface area contributed by atoms with Crippen LogP contribution in [0.1, 0.15) is 52.9 Å². The summed E-state index contributed by atoms with van der Waals surface area (Å²) in [4.78, 5) is 26.4. The highest BCUT2D eigenvalue weighted by Crippen LogP contribution is 2.35. The van der Waals surface area contributed by atoms with Crippen molar-refractivity contribution in [3.63, 3.8) is 0 Å². The lowest BCUT2D eigenvalue weighted by atomic mass is 10.0. The molecule has 1 aromatic carbocycles. The second-order valence-electron chi connectivity index (χ2n) is 8.79. The van der Waals surface area contributed by atoms with Crippen LogP contribution in [0.2, 0.25) is 0 Å². The number of oxazole rings is 1. The molecular weight excluding hydrogens is 384 g/mol. The van der Waals surface area contributed by atoms with Crippen LogP contribution >= 0.6 is 0 Å². The third-order valence-corrected chi connectivity index (χ3v) is 4.68. The molecule has 30 heavy (non-hydrogen) atoms. The molecule has 2 aromatic heterocycles. The normalized spacial score (nSPS) is 12.9. The summed E-state index contributed by atoms with van der Waals surface area (Å²) in [5, 5.41) is 0. The first-order valence-corrected chi connectivity index (χ1v) is 10.0. The van der Waals surface area contributed by atoms with Crippen LogP contribution in [0.5, 0.6) is 5.75 Å². The van der Waals surface area contributed by atoms with Crippen molar-refractivity contribution in [1.82, 2.24) is 19.9 Å². The fraction of sp³-hybridized carbons (Fsp3) is 0.500. The van der Waals surface area contributed by atoms with Gasteiger partial charge in [-0.25, -0.2) is 14.8 Å². The van der Waals surface area contributed by atoms with Crippen LogP contribution in [-0.4, -0.2) is 45.7 Å². The van der Waals surface area contributed by atoms with Crippen LogP contribution in [0.4, 0.5) is 4.79 Å². The standard InChI is InChI=1S/C22H30N4O4/c1-13(2)8-17(26(6)21(27)30-22(3,4)5)20-24-15-9-14(19-11-23-12-29-19)18(28-7)10-16(15)25-20/h9-13,17H,8H2,1-7H3,(H,24,25). The van der Waals surface area contributed by atoms with Crippen molar-refractivity contribution >= 4 is 17.1 Å². The number of fused-ring (bicyclic) bond motifs is 1.